The second-order valence-electron chi connectivity index (χ2n) is 10.4. The summed E-state index contributed by atoms with van der Waals surface area (Å²) in [5, 5.41) is 5.26. The molecule has 5 heteroatoms. The van der Waals surface area contributed by atoms with Crippen LogP contribution in [0.4, 0.5) is 0 Å². The molecule has 1 aromatic carbocycles. The van der Waals surface area contributed by atoms with Crippen LogP contribution in [-0.4, -0.2) is 29.3 Å². The van der Waals surface area contributed by atoms with Gasteiger partial charge in [-0.3, -0.25) is 9.59 Å². The first-order valence-corrected chi connectivity index (χ1v) is 14.3. The molecule has 1 aromatic heterocycles. The number of carbonyl (C=O) groups excluding carboxylic acids is 2. The zero-order chi connectivity index (χ0) is 24.6. The lowest BCUT2D eigenvalue weighted by molar-refractivity contribution is -0.126. The lowest BCUT2D eigenvalue weighted by atomic mass is 9.93. The van der Waals surface area contributed by atoms with Gasteiger partial charge in [0, 0.05) is 12.6 Å². The molecule has 188 valence electrons. The molecule has 2 aliphatic rings. The van der Waals surface area contributed by atoms with E-state index in [0.29, 0.717) is 17.3 Å². The van der Waals surface area contributed by atoms with Crippen LogP contribution in [0.5, 0.6) is 0 Å². The van der Waals surface area contributed by atoms with E-state index in [1.54, 1.807) is 0 Å². The maximum atomic E-state index is 13.9. The Labute approximate surface area is 214 Å². The highest BCUT2D eigenvalue weighted by atomic mass is 32.1. The van der Waals surface area contributed by atoms with Gasteiger partial charge in [-0.15, -0.1) is 11.3 Å². The summed E-state index contributed by atoms with van der Waals surface area (Å²) in [6.45, 7) is 4.90. The SMILES string of the molecule is CC(C)c1ccc(C(C(=O)NC2CCCCC2)N(CCC2=CCCCC2)C(=O)c2cccs2)cc1. The summed E-state index contributed by atoms with van der Waals surface area (Å²) >= 11 is 1.45. The van der Waals surface area contributed by atoms with Crippen molar-refractivity contribution in [3.05, 3.63) is 69.4 Å². The summed E-state index contributed by atoms with van der Waals surface area (Å²) in [4.78, 5) is 30.2. The average Bonchev–Trinajstić information content (AvgIpc) is 3.42. The van der Waals surface area contributed by atoms with Crippen molar-refractivity contribution in [2.24, 2.45) is 0 Å². The zero-order valence-electron chi connectivity index (χ0n) is 21.3. The minimum absolute atomic E-state index is 0.0447. The van der Waals surface area contributed by atoms with E-state index in [0.717, 1.165) is 50.5 Å². The maximum absolute atomic E-state index is 13.9. The van der Waals surface area contributed by atoms with Crippen LogP contribution < -0.4 is 5.32 Å². The first-order chi connectivity index (χ1) is 17.0. The molecule has 35 heavy (non-hydrogen) atoms. The molecule has 1 fully saturated rings. The predicted molar refractivity (Wildman–Crippen MR) is 145 cm³/mol. The normalized spacial score (nSPS) is 17.6. The Kier molecular flexibility index (Phi) is 9.19. The lowest BCUT2D eigenvalue weighted by Crippen LogP contribution is -2.47. The number of hydrogen-bond acceptors (Lipinski definition) is 3. The van der Waals surface area contributed by atoms with Crippen LogP contribution in [0.2, 0.25) is 0 Å². The third kappa shape index (κ3) is 6.84. The number of nitrogens with zero attached hydrogens (tertiary/aromatic N) is 1. The molecule has 0 radical (unpaired) electrons. The van der Waals surface area contributed by atoms with Crippen LogP contribution in [-0.2, 0) is 4.79 Å². The van der Waals surface area contributed by atoms with E-state index in [1.165, 1.54) is 41.7 Å². The number of allylic oxidation sites excluding steroid dienone is 1. The van der Waals surface area contributed by atoms with Crippen molar-refractivity contribution in [2.75, 3.05) is 6.54 Å². The van der Waals surface area contributed by atoms with Gasteiger partial charge in [-0.2, -0.15) is 0 Å². The molecule has 4 nitrogen and oxygen atoms in total. The van der Waals surface area contributed by atoms with Crippen LogP contribution >= 0.6 is 11.3 Å². The van der Waals surface area contributed by atoms with Gasteiger partial charge in [-0.25, -0.2) is 0 Å². The van der Waals surface area contributed by atoms with Crippen LogP contribution in [0.15, 0.2) is 53.4 Å². The molecule has 4 rings (SSSR count). The van der Waals surface area contributed by atoms with Crippen molar-refractivity contribution >= 4 is 23.2 Å². The second kappa shape index (κ2) is 12.5. The number of hydrogen-bond donors (Lipinski definition) is 1. The van der Waals surface area contributed by atoms with Gasteiger partial charge < -0.3 is 10.2 Å². The van der Waals surface area contributed by atoms with Gasteiger partial charge in [-0.1, -0.05) is 75.1 Å². The Morgan fingerprint density at radius 3 is 2.37 bits per heavy atom. The molecular formula is C30H40N2O2S. The molecule has 1 N–H and O–H groups in total. The smallest absolute Gasteiger partial charge is 0.264 e. The molecule has 1 unspecified atom stereocenters. The Morgan fingerprint density at radius 1 is 1.00 bits per heavy atom. The standard InChI is InChI=1S/C30H40N2O2S/c1-22(2)24-15-17-25(18-16-24)28(29(33)31-26-12-7-4-8-13-26)32(30(34)27-14-9-21-35-27)20-19-23-10-5-3-6-11-23/h9-10,14-18,21-22,26,28H,3-8,11-13,19-20H2,1-2H3,(H,31,33). The predicted octanol–water partition coefficient (Wildman–Crippen LogP) is 7.39. The zero-order valence-corrected chi connectivity index (χ0v) is 22.1. The fourth-order valence-electron chi connectivity index (χ4n) is 5.35. The minimum atomic E-state index is -0.628. The minimum Gasteiger partial charge on any atom is -0.351 e. The summed E-state index contributed by atoms with van der Waals surface area (Å²) in [7, 11) is 0. The monoisotopic (exact) mass is 492 g/mol. The largest absolute Gasteiger partial charge is 0.351 e. The number of amides is 2. The Hall–Kier alpha value is -2.40. The van der Waals surface area contributed by atoms with E-state index < -0.39 is 6.04 Å². The van der Waals surface area contributed by atoms with E-state index in [1.807, 2.05) is 22.4 Å². The molecule has 0 bridgehead atoms. The molecule has 1 heterocycles. The quantitative estimate of drug-likeness (QED) is 0.371. The number of rotatable bonds is 9. The number of carbonyl (C=O) groups is 2. The summed E-state index contributed by atoms with van der Waals surface area (Å²) < 4.78 is 0. The first-order valence-electron chi connectivity index (χ1n) is 13.5. The molecular weight excluding hydrogens is 452 g/mol. The molecule has 2 aromatic rings. The van der Waals surface area contributed by atoms with E-state index >= 15 is 0 Å². The van der Waals surface area contributed by atoms with Gasteiger partial charge in [0.2, 0.25) is 5.91 Å². The van der Waals surface area contributed by atoms with Crippen molar-refractivity contribution in [1.29, 1.82) is 0 Å². The fraction of sp³-hybridized carbons (Fsp3) is 0.533. The highest BCUT2D eigenvalue weighted by Crippen LogP contribution is 2.30. The summed E-state index contributed by atoms with van der Waals surface area (Å²) in [6.07, 6.45) is 13.5. The third-order valence-electron chi connectivity index (χ3n) is 7.48. The summed E-state index contributed by atoms with van der Waals surface area (Å²) in [6, 6.07) is 11.7. The molecule has 1 saturated carbocycles. The molecule has 2 aliphatic carbocycles. The van der Waals surface area contributed by atoms with Crippen molar-refractivity contribution in [3.63, 3.8) is 0 Å². The third-order valence-corrected chi connectivity index (χ3v) is 8.34. The fourth-order valence-corrected chi connectivity index (χ4v) is 6.03. The van der Waals surface area contributed by atoms with E-state index in [9.17, 15) is 9.59 Å². The summed E-state index contributed by atoms with van der Waals surface area (Å²) in [5.74, 6) is 0.325. The number of benzene rings is 1. The van der Waals surface area contributed by atoms with Crippen LogP contribution in [0.1, 0.15) is 111 Å². The van der Waals surface area contributed by atoms with Gasteiger partial charge in [-0.05, 0) is 73.4 Å². The lowest BCUT2D eigenvalue weighted by Gasteiger charge is -2.34. The first kappa shape index (κ1) is 25.7. The van der Waals surface area contributed by atoms with Crippen LogP contribution in [0.3, 0.4) is 0 Å². The van der Waals surface area contributed by atoms with Crippen LogP contribution in [0, 0.1) is 0 Å². The van der Waals surface area contributed by atoms with Crippen molar-refractivity contribution < 1.29 is 9.59 Å². The highest BCUT2D eigenvalue weighted by Gasteiger charge is 2.33. The summed E-state index contributed by atoms with van der Waals surface area (Å²) in [5.41, 5.74) is 3.55. The van der Waals surface area contributed by atoms with Crippen molar-refractivity contribution in [3.8, 4) is 0 Å². The molecule has 0 aliphatic heterocycles. The number of nitrogens with one attached hydrogen (secondary N) is 1. The Bertz CT molecular complexity index is 988. The van der Waals surface area contributed by atoms with Gasteiger partial charge in [0.25, 0.3) is 5.91 Å². The second-order valence-corrected chi connectivity index (χ2v) is 11.3. The van der Waals surface area contributed by atoms with E-state index in [4.69, 9.17) is 0 Å². The average molecular weight is 493 g/mol. The molecule has 2 amide bonds. The highest BCUT2D eigenvalue weighted by molar-refractivity contribution is 7.12. The van der Waals surface area contributed by atoms with E-state index in [2.05, 4.69) is 49.5 Å². The Balaban J connectivity index is 1.65. The molecule has 0 saturated heterocycles. The molecule has 0 spiro atoms. The van der Waals surface area contributed by atoms with Gasteiger partial charge in [0.05, 0.1) is 4.88 Å². The maximum Gasteiger partial charge on any atom is 0.264 e. The topological polar surface area (TPSA) is 49.4 Å². The Morgan fingerprint density at radius 2 is 1.74 bits per heavy atom. The van der Waals surface area contributed by atoms with Crippen LogP contribution in [0.25, 0.3) is 0 Å². The van der Waals surface area contributed by atoms with Gasteiger partial charge in [0.15, 0.2) is 0 Å². The van der Waals surface area contributed by atoms with Crippen molar-refractivity contribution in [2.45, 2.75) is 96.1 Å². The van der Waals surface area contributed by atoms with Crippen molar-refractivity contribution in [1.82, 2.24) is 10.2 Å². The van der Waals surface area contributed by atoms with Gasteiger partial charge in [0.1, 0.15) is 6.04 Å². The number of thiophene rings is 1. The molecule has 1 atom stereocenters. The van der Waals surface area contributed by atoms with Gasteiger partial charge >= 0.3 is 0 Å². The van der Waals surface area contributed by atoms with E-state index in [-0.39, 0.29) is 17.9 Å².